The van der Waals surface area contributed by atoms with Gasteiger partial charge in [0.05, 0.1) is 36.1 Å². The predicted octanol–water partition coefficient (Wildman–Crippen LogP) is 1.84. The Balaban J connectivity index is 1.71. The summed E-state index contributed by atoms with van der Waals surface area (Å²) in [6.45, 7) is 3.26. The summed E-state index contributed by atoms with van der Waals surface area (Å²) in [7, 11) is 0. The lowest BCUT2D eigenvalue weighted by Crippen LogP contribution is -2.36. The SMILES string of the molecule is Nc1nc2ccccc2n1-c1ccc(N2CCOCC2)nc1. The minimum Gasteiger partial charge on any atom is -0.378 e. The maximum absolute atomic E-state index is 6.06. The number of nitrogen functional groups attached to an aromatic ring is 1. The Hall–Kier alpha value is -2.60. The Kier molecular flexibility index (Phi) is 3.16. The van der Waals surface area contributed by atoms with Gasteiger partial charge in [0, 0.05) is 13.1 Å². The first-order valence-electron chi connectivity index (χ1n) is 7.35. The number of hydrogen-bond acceptors (Lipinski definition) is 5. The third kappa shape index (κ3) is 2.17. The Bertz CT molecular complexity index is 790. The molecule has 0 aliphatic carbocycles. The molecule has 3 heterocycles. The molecule has 4 rings (SSSR count). The number of fused-ring (bicyclic) bond motifs is 1. The molecule has 0 spiro atoms. The average molecular weight is 295 g/mol. The molecule has 0 saturated carbocycles. The largest absolute Gasteiger partial charge is 0.378 e. The van der Waals surface area contributed by atoms with E-state index in [9.17, 15) is 0 Å². The number of nitrogens with zero attached hydrogens (tertiary/aromatic N) is 4. The van der Waals surface area contributed by atoms with E-state index in [1.807, 2.05) is 47.2 Å². The van der Waals surface area contributed by atoms with Crippen LogP contribution < -0.4 is 10.6 Å². The number of nitrogens with two attached hydrogens (primary N) is 1. The predicted molar refractivity (Wildman–Crippen MR) is 86.3 cm³/mol. The zero-order valence-electron chi connectivity index (χ0n) is 12.1. The Morgan fingerprint density at radius 1 is 1.05 bits per heavy atom. The molecule has 2 aromatic heterocycles. The molecule has 3 aromatic rings. The molecule has 0 atom stereocenters. The maximum atomic E-state index is 6.06. The van der Waals surface area contributed by atoms with Crippen molar-refractivity contribution in [1.29, 1.82) is 0 Å². The summed E-state index contributed by atoms with van der Waals surface area (Å²) < 4.78 is 7.29. The van der Waals surface area contributed by atoms with Crippen LogP contribution in [0.25, 0.3) is 16.7 Å². The van der Waals surface area contributed by atoms with Crippen LogP contribution in [0.1, 0.15) is 0 Å². The summed E-state index contributed by atoms with van der Waals surface area (Å²) in [5, 5.41) is 0. The van der Waals surface area contributed by atoms with Crippen LogP contribution in [0.2, 0.25) is 0 Å². The normalized spacial score (nSPS) is 15.4. The number of anilines is 2. The van der Waals surface area contributed by atoms with Crippen molar-refractivity contribution in [3.63, 3.8) is 0 Å². The van der Waals surface area contributed by atoms with E-state index in [2.05, 4.69) is 14.9 Å². The van der Waals surface area contributed by atoms with Gasteiger partial charge in [-0.3, -0.25) is 4.57 Å². The summed E-state index contributed by atoms with van der Waals surface area (Å²) in [6, 6.07) is 12.0. The number of benzene rings is 1. The molecule has 1 saturated heterocycles. The quantitative estimate of drug-likeness (QED) is 0.781. The van der Waals surface area contributed by atoms with Crippen LogP contribution in [-0.4, -0.2) is 40.8 Å². The van der Waals surface area contributed by atoms with Gasteiger partial charge in [0.1, 0.15) is 5.82 Å². The van der Waals surface area contributed by atoms with Crippen LogP contribution in [-0.2, 0) is 4.74 Å². The summed E-state index contributed by atoms with van der Waals surface area (Å²) in [6.07, 6.45) is 1.84. The van der Waals surface area contributed by atoms with Gasteiger partial charge in [-0.05, 0) is 24.3 Å². The van der Waals surface area contributed by atoms with Gasteiger partial charge in [0.25, 0.3) is 0 Å². The van der Waals surface area contributed by atoms with E-state index in [1.165, 1.54) is 0 Å². The van der Waals surface area contributed by atoms with Crippen molar-refractivity contribution in [1.82, 2.24) is 14.5 Å². The molecule has 0 bridgehead atoms. The zero-order chi connectivity index (χ0) is 14.9. The number of ether oxygens (including phenoxy) is 1. The van der Waals surface area contributed by atoms with Crippen molar-refractivity contribution in [2.45, 2.75) is 0 Å². The van der Waals surface area contributed by atoms with Crippen LogP contribution >= 0.6 is 0 Å². The second kappa shape index (κ2) is 5.31. The maximum Gasteiger partial charge on any atom is 0.205 e. The molecule has 0 unspecified atom stereocenters. The molecule has 0 radical (unpaired) electrons. The summed E-state index contributed by atoms with van der Waals surface area (Å²) in [5.74, 6) is 1.44. The van der Waals surface area contributed by atoms with Crippen LogP contribution in [0, 0.1) is 0 Å². The second-order valence-corrected chi connectivity index (χ2v) is 5.27. The van der Waals surface area contributed by atoms with Gasteiger partial charge in [-0.2, -0.15) is 0 Å². The highest BCUT2D eigenvalue weighted by Crippen LogP contribution is 2.23. The fourth-order valence-electron chi connectivity index (χ4n) is 2.81. The number of rotatable bonds is 2. The first-order chi connectivity index (χ1) is 10.8. The van der Waals surface area contributed by atoms with E-state index in [0.29, 0.717) is 5.95 Å². The highest BCUT2D eigenvalue weighted by atomic mass is 16.5. The van der Waals surface area contributed by atoms with Gasteiger partial charge in [-0.25, -0.2) is 9.97 Å². The average Bonchev–Trinajstić information content (AvgIpc) is 2.91. The van der Waals surface area contributed by atoms with E-state index < -0.39 is 0 Å². The molecule has 22 heavy (non-hydrogen) atoms. The van der Waals surface area contributed by atoms with Crippen molar-refractivity contribution in [3.05, 3.63) is 42.6 Å². The monoisotopic (exact) mass is 295 g/mol. The fraction of sp³-hybridized carbons (Fsp3) is 0.250. The lowest BCUT2D eigenvalue weighted by atomic mass is 10.3. The van der Waals surface area contributed by atoms with Crippen LogP contribution in [0.3, 0.4) is 0 Å². The third-order valence-electron chi connectivity index (χ3n) is 3.91. The van der Waals surface area contributed by atoms with E-state index in [4.69, 9.17) is 10.5 Å². The lowest BCUT2D eigenvalue weighted by Gasteiger charge is -2.27. The van der Waals surface area contributed by atoms with Gasteiger partial charge in [0.2, 0.25) is 5.95 Å². The molecule has 2 N–H and O–H groups in total. The molecule has 1 aromatic carbocycles. The van der Waals surface area contributed by atoms with Crippen LogP contribution in [0.5, 0.6) is 0 Å². The topological polar surface area (TPSA) is 69.2 Å². The number of hydrogen-bond donors (Lipinski definition) is 1. The van der Waals surface area contributed by atoms with E-state index in [-0.39, 0.29) is 0 Å². The Labute approximate surface area is 128 Å². The molecule has 0 amide bonds. The first kappa shape index (κ1) is 13.1. The standard InChI is InChI=1S/C16H17N5O/c17-16-19-13-3-1-2-4-14(13)21(16)12-5-6-15(18-11-12)20-7-9-22-10-8-20/h1-6,11H,7-10H2,(H2,17,19). The van der Waals surface area contributed by atoms with E-state index in [0.717, 1.165) is 48.8 Å². The van der Waals surface area contributed by atoms with E-state index in [1.54, 1.807) is 0 Å². The smallest absolute Gasteiger partial charge is 0.205 e. The molecule has 1 aliphatic rings. The first-order valence-corrected chi connectivity index (χ1v) is 7.35. The van der Waals surface area contributed by atoms with Crippen molar-refractivity contribution < 1.29 is 4.74 Å². The highest BCUT2D eigenvalue weighted by molar-refractivity contribution is 5.80. The molecule has 6 heteroatoms. The van der Waals surface area contributed by atoms with Crippen LogP contribution in [0.15, 0.2) is 42.6 Å². The fourth-order valence-corrected chi connectivity index (χ4v) is 2.81. The number of para-hydroxylation sites is 2. The molecule has 112 valence electrons. The lowest BCUT2D eigenvalue weighted by molar-refractivity contribution is 0.122. The Morgan fingerprint density at radius 3 is 2.64 bits per heavy atom. The summed E-state index contributed by atoms with van der Waals surface area (Å²) in [4.78, 5) is 11.2. The number of morpholine rings is 1. The summed E-state index contributed by atoms with van der Waals surface area (Å²) in [5.41, 5.74) is 8.86. The van der Waals surface area contributed by atoms with Gasteiger partial charge in [-0.1, -0.05) is 12.1 Å². The molecular formula is C16H17N5O. The van der Waals surface area contributed by atoms with Crippen LogP contribution in [0.4, 0.5) is 11.8 Å². The van der Waals surface area contributed by atoms with Crippen molar-refractivity contribution in [3.8, 4) is 5.69 Å². The van der Waals surface area contributed by atoms with Crippen molar-refractivity contribution >= 4 is 22.8 Å². The van der Waals surface area contributed by atoms with Crippen molar-refractivity contribution in [2.75, 3.05) is 36.9 Å². The minimum atomic E-state index is 0.474. The van der Waals surface area contributed by atoms with Gasteiger partial charge >= 0.3 is 0 Å². The molecular weight excluding hydrogens is 278 g/mol. The number of imidazole rings is 1. The number of aromatic nitrogens is 3. The molecule has 6 nitrogen and oxygen atoms in total. The van der Waals surface area contributed by atoms with Gasteiger partial charge < -0.3 is 15.4 Å². The molecule has 1 aliphatic heterocycles. The second-order valence-electron chi connectivity index (χ2n) is 5.27. The minimum absolute atomic E-state index is 0.474. The number of pyridine rings is 1. The zero-order valence-corrected chi connectivity index (χ0v) is 12.1. The highest BCUT2D eigenvalue weighted by Gasteiger charge is 2.14. The van der Waals surface area contributed by atoms with Gasteiger partial charge in [-0.15, -0.1) is 0 Å². The van der Waals surface area contributed by atoms with Crippen molar-refractivity contribution in [2.24, 2.45) is 0 Å². The Morgan fingerprint density at radius 2 is 1.86 bits per heavy atom. The van der Waals surface area contributed by atoms with E-state index >= 15 is 0 Å². The summed E-state index contributed by atoms with van der Waals surface area (Å²) >= 11 is 0. The van der Waals surface area contributed by atoms with Gasteiger partial charge in [0.15, 0.2) is 0 Å². The molecule has 1 fully saturated rings. The third-order valence-corrected chi connectivity index (χ3v) is 3.91.